The zero-order chi connectivity index (χ0) is 22.2. The SMILES string of the molecule is COc1cc(-c2ccc(NCc3ccccc3)c(OC)c2)ccc1NCc1ccccc1. The zero-order valence-electron chi connectivity index (χ0n) is 18.5. The van der Waals surface area contributed by atoms with E-state index in [-0.39, 0.29) is 0 Å². The van der Waals surface area contributed by atoms with E-state index in [1.165, 1.54) is 11.1 Å². The Hall–Kier alpha value is -3.92. The minimum Gasteiger partial charge on any atom is -0.495 e. The van der Waals surface area contributed by atoms with Gasteiger partial charge in [-0.05, 0) is 46.5 Å². The molecule has 0 spiro atoms. The lowest BCUT2D eigenvalue weighted by Crippen LogP contribution is -2.02. The Labute approximate surface area is 189 Å². The third-order valence-electron chi connectivity index (χ3n) is 5.39. The highest BCUT2D eigenvalue weighted by atomic mass is 16.5. The van der Waals surface area contributed by atoms with Crippen molar-refractivity contribution in [3.8, 4) is 22.6 Å². The molecule has 0 unspecified atom stereocenters. The highest BCUT2D eigenvalue weighted by Gasteiger charge is 2.10. The van der Waals surface area contributed by atoms with Crippen molar-refractivity contribution in [1.29, 1.82) is 0 Å². The van der Waals surface area contributed by atoms with Crippen molar-refractivity contribution in [2.24, 2.45) is 0 Å². The molecule has 0 radical (unpaired) electrons. The second-order valence-electron chi connectivity index (χ2n) is 7.51. The molecular weight excluding hydrogens is 396 g/mol. The van der Waals surface area contributed by atoms with Gasteiger partial charge in [0.05, 0.1) is 25.6 Å². The predicted molar refractivity (Wildman–Crippen MR) is 133 cm³/mol. The average Bonchev–Trinajstić information content (AvgIpc) is 2.87. The fourth-order valence-electron chi connectivity index (χ4n) is 3.62. The molecular formula is C28H28N2O2. The molecule has 0 saturated carbocycles. The summed E-state index contributed by atoms with van der Waals surface area (Å²) in [4.78, 5) is 0. The van der Waals surface area contributed by atoms with E-state index in [2.05, 4.69) is 71.3 Å². The van der Waals surface area contributed by atoms with Crippen LogP contribution in [0.2, 0.25) is 0 Å². The van der Waals surface area contributed by atoms with E-state index in [9.17, 15) is 0 Å². The molecule has 0 atom stereocenters. The van der Waals surface area contributed by atoms with Crippen molar-refractivity contribution in [2.45, 2.75) is 13.1 Å². The summed E-state index contributed by atoms with van der Waals surface area (Å²) >= 11 is 0. The summed E-state index contributed by atoms with van der Waals surface area (Å²) in [5, 5.41) is 6.93. The first-order chi connectivity index (χ1) is 15.8. The number of anilines is 2. The third-order valence-corrected chi connectivity index (χ3v) is 5.39. The Morgan fingerprint density at radius 2 is 0.938 bits per heavy atom. The van der Waals surface area contributed by atoms with Crippen molar-refractivity contribution in [2.75, 3.05) is 24.9 Å². The predicted octanol–water partition coefficient (Wildman–Crippen LogP) is 6.60. The number of benzene rings is 4. The van der Waals surface area contributed by atoms with Crippen LogP contribution in [0.25, 0.3) is 11.1 Å². The first-order valence-corrected chi connectivity index (χ1v) is 10.7. The lowest BCUT2D eigenvalue weighted by atomic mass is 10.0. The normalized spacial score (nSPS) is 10.4. The summed E-state index contributed by atoms with van der Waals surface area (Å²) < 4.78 is 11.3. The maximum absolute atomic E-state index is 5.66. The van der Waals surface area contributed by atoms with Gasteiger partial charge in [0.25, 0.3) is 0 Å². The van der Waals surface area contributed by atoms with Crippen LogP contribution in [0.1, 0.15) is 11.1 Å². The van der Waals surface area contributed by atoms with Gasteiger partial charge < -0.3 is 20.1 Å². The quantitative estimate of drug-likeness (QED) is 0.318. The fraction of sp³-hybridized carbons (Fsp3) is 0.143. The minimum atomic E-state index is 0.742. The van der Waals surface area contributed by atoms with Gasteiger partial charge >= 0.3 is 0 Å². The van der Waals surface area contributed by atoms with Crippen LogP contribution in [-0.2, 0) is 13.1 Å². The smallest absolute Gasteiger partial charge is 0.142 e. The molecule has 4 aromatic carbocycles. The van der Waals surface area contributed by atoms with Crippen LogP contribution < -0.4 is 20.1 Å². The molecule has 2 N–H and O–H groups in total. The Bertz CT molecular complexity index is 1050. The number of ether oxygens (including phenoxy) is 2. The van der Waals surface area contributed by atoms with Crippen molar-refractivity contribution in [3.63, 3.8) is 0 Å². The molecule has 0 heterocycles. The van der Waals surface area contributed by atoms with Gasteiger partial charge in [-0.1, -0.05) is 72.8 Å². The zero-order valence-corrected chi connectivity index (χ0v) is 18.5. The van der Waals surface area contributed by atoms with Gasteiger partial charge in [-0.2, -0.15) is 0 Å². The van der Waals surface area contributed by atoms with Crippen LogP contribution in [-0.4, -0.2) is 14.2 Å². The van der Waals surface area contributed by atoms with Crippen molar-refractivity contribution in [3.05, 3.63) is 108 Å². The summed E-state index contributed by atoms with van der Waals surface area (Å²) in [5.74, 6) is 1.62. The first kappa shape index (κ1) is 21.3. The van der Waals surface area contributed by atoms with Crippen LogP contribution in [0.15, 0.2) is 97.1 Å². The topological polar surface area (TPSA) is 42.5 Å². The second kappa shape index (κ2) is 10.4. The molecule has 0 amide bonds. The highest BCUT2D eigenvalue weighted by Crippen LogP contribution is 2.35. The van der Waals surface area contributed by atoms with E-state index in [1.54, 1.807) is 14.2 Å². The van der Waals surface area contributed by atoms with Crippen molar-refractivity contribution < 1.29 is 9.47 Å². The van der Waals surface area contributed by atoms with Gasteiger partial charge in [0.1, 0.15) is 11.5 Å². The molecule has 0 aliphatic heterocycles. The molecule has 0 aliphatic rings. The molecule has 4 heteroatoms. The Morgan fingerprint density at radius 3 is 1.31 bits per heavy atom. The van der Waals surface area contributed by atoms with E-state index in [0.29, 0.717) is 0 Å². The summed E-state index contributed by atoms with van der Waals surface area (Å²) in [6.45, 7) is 1.48. The van der Waals surface area contributed by atoms with Gasteiger partial charge in [-0.25, -0.2) is 0 Å². The van der Waals surface area contributed by atoms with Crippen LogP contribution in [0, 0.1) is 0 Å². The highest BCUT2D eigenvalue weighted by molar-refractivity contribution is 5.75. The second-order valence-corrected chi connectivity index (χ2v) is 7.51. The van der Waals surface area contributed by atoms with E-state index in [4.69, 9.17) is 9.47 Å². The molecule has 0 aliphatic carbocycles. The Kier molecular flexibility index (Phi) is 6.93. The number of hydrogen-bond acceptors (Lipinski definition) is 4. The van der Waals surface area contributed by atoms with Crippen LogP contribution >= 0.6 is 0 Å². The van der Waals surface area contributed by atoms with E-state index >= 15 is 0 Å². The lowest BCUT2D eigenvalue weighted by Gasteiger charge is -2.15. The molecule has 0 bridgehead atoms. The van der Waals surface area contributed by atoms with Gasteiger partial charge in [0.15, 0.2) is 0 Å². The number of hydrogen-bond donors (Lipinski definition) is 2. The Balaban J connectivity index is 1.50. The summed E-state index contributed by atoms with van der Waals surface area (Å²) in [6, 6.07) is 33.1. The molecule has 0 saturated heterocycles. The molecule has 0 aromatic heterocycles. The van der Waals surface area contributed by atoms with Gasteiger partial charge in [0, 0.05) is 13.1 Å². The number of nitrogens with one attached hydrogen (secondary N) is 2. The molecule has 32 heavy (non-hydrogen) atoms. The van der Waals surface area contributed by atoms with Gasteiger partial charge in [-0.15, -0.1) is 0 Å². The van der Waals surface area contributed by atoms with Crippen LogP contribution in [0.4, 0.5) is 11.4 Å². The van der Waals surface area contributed by atoms with Crippen LogP contribution in [0.3, 0.4) is 0 Å². The van der Waals surface area contributed by atoms with E-state index < -0.39 is 0 Å². The standard InChI is InChI=1S/C28H28N2O2/c1-31-27-17-23(13-15-25(27)29-19-21-9-5-3-6-10-21)24-14-16-26(28(18-24)32-2)30-20-22-11-7-4-8-12-22/h3-18,29-30H,19-20H2,1-2H3. The molecule has 4 rings (SSSR count). The summed E-state index contributed by atoms with van der Waals surface area (Å²) in [7, 11) is 3.40. The van der Waals surface area contributed by atoms with Crippen molar-refractivity contribution in [1.82, 2.24) is 0 Å². The molecule has 162 valence electrons. The Morgan fingerprint density at radius 1 is 0.531 bits per heavy atom. The number of rotatable bonds is 9. The monoisotopic (exact) mass is 424 g/mol. The first-order valence-electron chi connectivity index (χ1n) is 10.7. The molecule has 4 nitrogen and oxygen atoms in total. The maximum atomic E-state index is 5.66. The van der Waals surface area contributed by atoms with Crippen molar-refractivity contribution >= 4 is 11.4 Å². The molecule has 0 fully saturated rings. The molecule has 4 aromatic rings. The fourth-order valence-corrected chi connectivity index (χ4v) is 3.62. The van der Waals surface area contributed by atoms with E-state index in [1.807, 2.05) is 36.4 Å². The minimum absolute atomic E-state index is 0.742. The number of methoxy groups -OCH3 is 2. The van der Waals surface area contributed by atoms with Gasteiger partial charge in [-0.3, -0.25) is 0 Å². The maximum Gasteiger partial charge on any atom is 0.142 e. The lowest BCUT2D eigenvalue weighted by molar-refractivity contribution is 0.416. The van der Waals surface area contributed by atoms with Gasteiger partial charge in [0.2, 0.25) is 0 Å². The van der Waals surface area contributed by atoms with E-state index in [0.717, 1.165) is 47.1 Å². The summed E-state index contributed by atoms with van der Waals surface area (Å²) in [6.07, 6.45) is 0. The average molecular weight is 425 g/mol. The third kappa shape index (κ3) is 5.22. The van der Waals surface area contributed by atoms with Crippen LogP contribution in [0.5, 0.6) is 11.5 Å². The summed E-state index contributed by atoms with van der Waals surface area (Å²) in [5.41, 5.74) is 6.52. The largest absolute Gasteiger partial charge is 0.495 e.